The van der Waals surface area contributed by atoms with E-state index in [0.29, 0.717) is 0 Å². The van der Waals surface area contributed by atoms with Crippen molar-refractivity contribution in [2.75, 3.05) is 37.6 Å². The van der Waals surface area contributed by atoms with Crippen molar-refractivity contribution < 1.29 is 4.79 Å². The van der Waals surface area contributed by atoms with Crippen LogP contribution < -0.4 is 4.90 Å². The lowest BCUT2D eigenvalue weighted by atomic mass is 10.1. The SMILES string of the molecule is C[C@H](C(=O)N1CCc2ccccc21)N1CCN(Cc2nc3ccccc3s2)CC1. The molecule has 0 N–H and O–H groups in total. The largest absolute Gasteiger partial charge is 0.310 e. The van der Waals surface area contributed by atoms with Crippen LogP contribution >= 0.6 is 11.3 Å². The smallest absolute Gasteiger partial charge is 0.244 e. The van der Waals surface area contributed by atoms with Crippen LogP contribution in [0, 0.1) is 0 Å². The molecular weight excluding hydrogens is 380 g/mol. The molecule has 0 unspecified atom stereocenters. The van der Waals surface area contributed by atoms with Crippen molar-refractivity contribution >= 4 is 33.1 Å². The maximum Gasteiger partial charge on any atom is 0.244 e. The number of benzene rings is 2. The second kappa shape index (κ2) is 7.86. The molecule has 0 spiro atoms. The summed E-state index contributed by atoms with van der Waals surface area (Å²) in [6, 6.07) is 16.5. The van der Waals surface area contributed by atoms with E-state index in [4.69, 9.17) is 4.98 Å². The van der Waals surface area contributed by atoms with Gasteiger partial charge in [-0.15, -0.1) is 11.3 Å². The van der Waals surface area contributed by atoms with Crippen LogP contribution in [-0.2, 0) is 17.8 Å². The predicted molar refractivity (Wildman–Crippen MR) is 118 cm³/mol. The molecule has 5 nitrogen and oxygen atoms in total. The highest BCUT2D eigenvalue weighted by molar-refractivity contribution is 7.18. The van der Waals surface area contributed by atoms with Crippen LogP contribution in [0.2, 0.25) is 0 Å². The number of piperazine rings is 1. The minimum absolute atomic E-state index is 0.0780. The summed E-state index contributed by atoms with van der Waals surface area (Å²) in [5, 5.41) is 1.18. The molecule has 1 aromatic heterocycles. The van der Waals surface area contributed by atoms with Gasteiger partial charge in [0.25, 0.3) is 0 Å². The highest BCUT2D eigenvalue weighted by Gasteiger charge is 2.32. The second-order valence-corrected chi connectivity index (χ2v) is 9.05. The van der Waals surface area contributed by atoms with Crippen molar-refractivity contribution in [3.8, 4) is 0 Å². The molecule has 0 aliphatic carbocycles. The molecule has 1 fully saturated rings. The first-order chi connectivity index (χ1) is 14.2. The minimum atomic E-state index is -0.0780. The van der Waals surface area contributed by atoms with Gasteiger partial charge in [0.15, 0.2) is 0 Å². The first kappa shape index (κ1) is 18.7. The quantitative estimate of drug-likeness (QED) is 0.666. The Morgan fingerprint density at radius 2 is 1.79 bits per heavy atom. The Balaban J connectivity index is 1.18. The number of para-hydroxylation sites is 2. The van der Waals surface area contributed by atoms with Crippen LogP contribution in [-0.4, -0.2) is 59.5 Å². The van der Waals surface area contributed by atoms with Crippen LogP contribution in [0.4, 0.5) is 5.69 Å². The molecule has 1 atom stereocenters. The fourth-order valence-electron chi connectivity index (χ4n) is 4.44. The Morgan fingerprint density at radius 3 is 2.62 bits per heavy atom. The summed E-state index contributed by atoms with van der Waals surface area (Å²) >= 11 is 1.79. The molecule has 0 radical (unpaired) electrons. The highest BCUT2D eigenvalue weighted by atomic mass is 32.1. The molecule has 29 heavy (non-hydrogen) atoms. The Kier molecular flexibility index (Phi) is 5.08. The van der Waals surface area contributed by atoms with Crippen molar-refractivity contribution in [2.24, 2.45) is 0 Å². The molecule has 3 heterocycles. The van der Waals surface area contributed by atoms with E-state index in [1.807, 2.05) is 17.0 Å². The Morgan fingerprint density at radius 1 is 1.03 bits per heavy atom. The number of hydrogen-bond donors (Lipinski definition) is 0. The van der Waals surface area contributed by atoms with E-state index in [1.54, 1.807) is 11.3 Å². The molecule has 150 valence electrons. The molecule has 0 bridgehead atoms. The van der Waals surface area contributed by atoms with E-state index in [-0.39, 0.29) is 11.9 Å². The van der Waals surface area contributed by atoms with Gasteiger partial charge >= 0.3 is 0 Å². The van der Waals surface area contributed by atoms with E-state index in [9.17, 15) is 4.79 Å². The van der Waals surface area contributed by atoms with Gasteiger partial charge in [0.2, 0.25) is 5.91 Å². The standard InChI is InChI=1S/C23H26N4OS/c1-17(23(28)27-11-10-18-6-2-4-8-20(18)27)26-14-12-25(13-15-26)16-22-24-19-7-3-5-9-21(19)29-22/h2-9,17H,10-16H2,1H3/t17-/m1/s1. The third-order valence-electron chi connectivity index (χ3n) is 6.16. The van der Waals surface area contributed by atoms with Crippen molar-refractivity contribution in [1.82, 2.24) is 14.8 Å². The average molecular weight is 407 g/mol. The highest BCUT2D eigenvalue weighted by Crippen LogP contribution is 2.29. The molecule has 0 saturated carbocycles. The van der Waals surface area contributed by atoms with Crippen LogP contribution in [0.25, 0.3) is 10.2 Å². The third kappa shape index (κ3) is 3.68. The molecule has 5 rings (SSSR count). The van der Waals surface area contributed by atoms with Crippen LogP contribution in [0.1, 0.15) is 17.5 Å². The van der Waals surface area contributed by atoms with Gasteiger partial charge in [-0.25, -0.2) is 4.98 Å². The van der Waals surface area contributed by atoms with Gasteiger partial charge in [0.1, 0.15) is 5.01 Å². The lowest BCUT2D eigenvalue weighted by Crippen LogP contribution is -2.54. The number of amides is 1. The lowest BCUT2D eigenvalue weighted by molar-refractivity contribution is -0.123. The Hall–Kier alpha value is -2.28. The molecule has 2 aromatic carbocycles. The number of rotatable bonds is 4. The fraction of sp³-hybridized carbons (Fsp3) is 0.391. The number of aromatic nitrogens is 1. The summed E-state index contributed by atoms with van der Waals surface area (Å²) in [6.45, 7) is 7.57. The number of carbonyl (C=O) groups is 1. The summed E-state index contributed by atoms with van der Waals surface area (Å²) < 4.78 is 1.26. The van der Waals surface area contributed by atoms with Crippen LogP contribution in [0.3, 0.4) is 0 Å². The number of nitrogens with zero attached hydrogens (tertiary/aromatic N) is 4. The van der Waals surface area contributed by atoms with Crippen molar-refractivity contribution in [2.45, 2.75) is 25.9 Å². The first-order valence-corrected chi connectivity index (χ1v) is 11.2. The molecule has 2 aliphatic rings. The normalized spacial score (nSPS) is 18.9. The molecule has 3 aromatic rings. The summed E-state index contributed by atoms with van der Waals surface area (Å²) in [5.41, 5.74) is 3.48. The summed E-state index contributed by atoms with van der Waals surface area (Å²) in [7, 11) is 0. The van der Waals surface area contributed by atoms with Gasteiger partial charge in [-0.1, -0.05) is 30.3 Å². The maximum absolute atomic E-state index is 13.1. The zero-order valence-electron chi connectivity index (χ0n) is 16.8. The molecule has 1 saturated heterocycles. The second-order valence-electron chi connectivity index (χ2n) is 7.93. The summed E-state index contributed by atoms with van der Waals surface area (Å²) in [6.07, 6.45) is 0.963. The van der Waals surface area contributed by atoms with E-state index in [1.165, 1.54) is 15.3 Å². The van der Waals surface area contributed by atoms with Crippen LogP contribution in [0.15, 0.2) is 48.5 Å². The van der Waals surface area contributed by atoms with Gasteiger partial charge in [-0.05, 0) is 37.1 Å². The topological polar surface area (TPSA) is 39.7 Å². The van der Waals surface area contributed by atoms with Crippen molar-refractivity contribution in [3.05, 3.63) is 59.1 Å². The van der Waals surface area contributed by atoms with Gasteiger partial charge in [0.05, 0.1) is 22.8 Å². The van der Waals surface area contributed by atoms with Crippen molar-refractivity contribution in [3.63, 3.8) is 0 Å². The average Bonchev–Trinajstić information content (AvgIpc) is 3.37. The van der Waals surface area contributed by atoms with E-state index >= 15 is 0 Å². The monoisotopic (exact) mass is 406 g/mol. The maximum atomic E-state index is 13.1. The zero-order valence-corrected chi connectivity index (χ0v) is 17.6. The molecule has 1 amide bonds. The number of thiazole rings is 1. The first-order valence-electron chi connectivity index (χ1n) is 10.4. The molecule has 6 heteroatoms. The number of carbonyl (C=O) groups excluding carboxylic acids is 1. The predicted octanol–water partition coefficient (Wildman–Crippen LogP) is 3.39. The molecule has 2 aliphatic heterocycles. The van der Waals surface area contributed by atoms with E-state index < -0.39 is 0 Å². The fourth-order valence-corrected chi connectivity index (χ4v) is 5.45. The van der Waals surface area contributed by atoms with Crippen LogP contribution in [0.5, 0.6) is 0 Å². The van der Waals surface area contributed by atoms with Gasteiger partial charge in [-0.2, -0.15) is 0 Å². The van der Waals surface area contributed by atoms with Gasteiger partial charge < -0.3 is 4.90 Å². The Labute approximate surface area is 175 Å². The minimum Gasteiger partial charge on any atom is -0.310 e. The van der Waals surface area contributed by atoms with Crippen molar-refractivity contribution in [1.29, 1.82) is 0 Å². The number of anilines is 1. The summed E-state index contributed by atoms with van der Waals surface area (Å²) in [4.78, 5) is 24.7. The third-order valence-corrected chi connectivity index (χ3v) is 7.18. The van der Waals surface area contributed by atoms with E-state index in [2.05, 4.69) is 53.1 Å². The zero-order chi connectivity index (χ0) is 19.8. The lowest BCUT2D eigenvalue weighted by Gasteiger charge is -2.38. The number of hydrogen-bond acceptors (Lipinski definition) is 5. The Bertz CT molecular complexity index is 991. The molecular formula is C23H26N4OS. The van der Waals surface area contributed by atoms with Gasteiger partial charge in [-0.3, -0.25) is 14.6 Å². The van der Waals surface area contributed by atoms with Gasteiger partial charge in [0, 0.05) is 38.4 Å². The van der Waals surface area contributed by atoms with E-state index in [0.717, 1.165) is 56.9 Å². The summed E-state index contributed by atoms with van der Waals surface area (Å²) in [5.74, 6) is 0.231. The number of fused-ring (bicyclic) bond motifs is 2.